The maximum atomic E-state index is 13.6. The van der Waals surface area contributed by atoms with E-state index in [1.165, 1.54) is 30.3 Å². The van der Waals surface area contributed by atoms with Gasteiger partial charge in [-0.15, -0.1) is 0 Å². The molecule has 24 heavy (non-hydrogen) atoms. The lowest BCUT2D eigenvalue weighted by Gasteiger charge is -2.09. The first kappa shape index (κ1) is 15.7. The van der Waals surface area contributed by atoms with Gasteiger partial charge in [0.25, 0.3) is 5.91 Å². The van der Waals surface area contributed by atoms with Crippen LogP contribution in [0.25, 0.3) is 0 Å². The molecular formula is C19H14F2N2O. The van der Waals surface area contributed by atoms with E-state index in [4.69, 9.17) is 0 Å². The second-order valence-electron chi connectivity index (χ2n) is 5.15. The second-order valence-corrected chi connectivity index (χ2v) is 5.15. The van der Waals surface area contributed by atoms with Crippen LogP contribution in [0.5, 0.6) is 0 Å². The number of carbonyl (C=O) groups is 1. The van der Waals surface area contributed by atoms with Gasteiger partial charge in [0, 0.05) is 17.1 Å². The maximum Gasteiger partial charge on any atom is 0.258 e. The van der Waals surface area contributed by atoms with E-state index < -0.39 is 11.7 Å². The maximum absolute atomic E-state index is 13.6. The number of benzene rings is 3. The highest BCUT2D eigenvalue weighted by Crippen LogP contribution is 2.20. The van der Waals surface area contributed by atoms with Crippen molar-refractivity contribution in [3.05, 3.63) is 90.0 Å². The molecule has 3 aromatic rings. The van der Waals surface area contributed by atoms with Gasteiger partial charge < -0.3 is 10.6 Å². The van der Waals surface area contributed by atoms with Crippen LogP contribution in [0, 0.1) is 11.6 Å². The molecule has 0 atom stereocenters. The zero-order valence-electron chi connectivity index (χ0n) is 12.6. The molecule has 0 radical (unpaired) electrons. The van der Waals surface area contributed by atoms with Gasteiger partial charge in [-0.2, -0.15) is 0 Å². The molecule has 3 rings (SSSR count). The summed E-state index contributed by atoms with van der Waals surface area (Å²) in [6.45, 7) is 0. The van der Waals surface area contributed by atoms with Crippen LogP contribution in [0.2, 0.25) is 0 Å². The van der Waals surface area contributed by atoms with E-state index in [0.29, 0.717) is 11.4 Å². The Bertz CT molecular complexity index is 863. The average Bonchev–Trinajstić information content (AvgIpc) is 2.57. The summed E-state index contributed by atoms with van der Waals surface area (Å²) in [7, 11) is 0. The quantitative estimate of drug-likeness (QED) is 0.712. The molecule has 0 saturated heterocycles. The number of hydrogen-bond acceptors (Lipinski definition) is 2. The predicted molar refractivity (Wildman–Crippen MR) is 90.5 cm³/mol. The highest BCUT2D eigenvalue weighted by atomic mass is 19.1. The molecule has 3 aromatic carbocycles. The largest absolute Gasteiger partial charge is 0.355 e. The second kappa shape index (κ2) is 6.91. The Morgan fingerprint density at radius 3 is 2.17 bits per heavy atom. The summed E-state index contributed by atoms with van der Waals surface area (Å²) in [5.74, 6) is -1.41. The van der Waals surface area contributed by atoms with E-state index in [0.717, 1.165) is 5.69 Å². The zero-order valence-corrected chi connectivity index (χ0v) is 12.6. The summed E-state index contributed by atoms with van der Waals surface area (Å²) < 4.78 is 26.7. The number of anilines is 3. The van der Waals surface area contributed by atoms with Crippen molar-refractivity contribution >= 4 is 23.0 Å². The first-order chi connectivity index (χ1) is 11.6. The lowest BCUT2D eigenvalue weighted by Crippen LogP contribution is -2.13. The normalized spacial score (nSPS) is 10.2. The smallest absolute Gasteiger partial charge is 0.258 e. The monoisotopic (exact) mass is 324 g/mol. The molecule has 0 aliphatic carbocycles. The SMILES string of the molecule is O=C(Nc1ccc(Nc2cccc(F)c2)cc1)c1ccccc1F. The Kier molecular flexibility index (Phi) is 4.52. The van der Waals surface area contributed by atoms with Crippen molar-refractivity contribution in [2.24, 2.45) is 0 Å². The van der Waals surface area contributed by atoms with Gasteiger partial charge in [-0.1, -0.05) is 18.2 Å². The number of nitrogens with one attached hydrogen (secondary N) is 2. The zero-order chi connectivity index (χ0) is 16.9. The van der Waals surface area contributed by atoms with Gasteiger partial charge in [0.15, 0.2) is 0 Å². The molecule has 0 bridgehead atoms. The first-order valence-corrected chi connectivity index (χ1v) is 7.30. The van der Waals surface area contributed by atoms with Crippen LogP contribution in [-0.4, -0.2) is 5.91 Å². The molecule has 2 N–H and O–H groups in total. The van der Waals surface area contributed by atoms with Crippen LogP contribution in [0.4, 0.5) is 25.8 Å². The topological polar surface area (TPSA) is 41.1 Å². The number of carbonyl (C=O) groups excluding carboxylic acids is 1. The van der Waals surface area contributed by atoms with Crippen molar-refractivity contribution in [2.75, 3.05) is 10.6 Å². The highest BCUT2D eigenvalue weighted by Gasteiger charge is 2.10. The lowest BCUT2D eigenvalue weighted by atomic mass is 10.2. The van der Waals surface area contributed by atoms with Crippen LogP contribution >= 0.6 is 0 Å². The summed E-state index contributed by atoms with van der Waals surface area (Å²) in [5, 5.41) is 5.69. The summed E-state index contributed by atoms with van der Waals surface area (Å²) in [6.07, 6.45) is 0. The molecule has 0 aliphatic rings. The Hall–Kier alpha value is -3.21. The van der Waals surface area contributed by atoms with E-state index >= 15 is 0 Å². The standard InChI is InChI=1S/C19H14F2N2O/c20-13-4-3-5-16(12-13)22-14-8-10-15(11-9-14)23-19(24)17-6-1-2-7-18(17)21/h1-12,22H,(H,23,24). The van der Waals surface area contributed by atoms with Gasteiger partial charge in [0.2, 0.25) is 0 Å². The van der Waals surface area contributed by atoms with Crippen molar-refractivity contribution in [1.29, 1.82) is 0 Å². The van der Waals surface area contributed by atoms with E-state index in [9.17, 15) is 13.6 Å². The number of halogens is 2. The third-order valence-electron chi connectivity index (χ3n) is 3.37. The molecule has 0 fully saturated rings. The van der Waals surface area contributed by atoms with Crippen LogP contribution in [0.15, 0.2) is 72.8 Å². The van der Waals surface area contributed by atoms with Gasteiger partial charge in [-0.05, 0) is 54.6 Å². The van der Waals surface area contributed by atoms with Crippen molar-refractivity contribution in [3.8, 4) is 0 Å². The fourth-order valence-corrected chi connectivity index (χ4v) is 2.21. The van der Waals surface area contributed by atoms with Gasteiger partial charge in [-0.3, -0.25) is 4.79 Å². The highest BCUT2D eigenvalue weighted by molar-refractivity contribution is 6.04. The van der Waals surface area contributed by atoms with Crippen molar-refractivity contribution < 1.29 is 13.6 Å². The van der Waals surface area contributed by atoms with Gasteiger partial charge in [0.1, 0.15) is 11.6 Å². The molecule has 0 saturated carbocycles. The molecule has 0 aliphatic heterocycles. The summed E-state index contributed by atoms with van der Waals surface area (Å²) in [5.41, 5.74) is 1.88. The minimum atomic E-state index is -0.570. The molecule has 0 heterocycles. The fraction of sp³-hybridized carbons (Fsp3) is 0. The molecule has 0 spiro atoms. The Balaban J connectivity index is 1.68. The summed E-state index contributed by atoms with van der Waals surface area (Å²) in [4.78, 5) is 12.0. The van der Waals surface area contributed by atoms with Crippen LogP contribution in [0.3, 0.4) is 0 Å². The van der Waals surface area contributed by atoms with Crippen molar-refractivity contribution in [3.63, 3.8) is 0 Å². The molecular weight excluding hydrogens is 310 g/mol. The predicted octanol–water partition coefficient (Wildman–Crippen LogP) is 4.96. The third kappa shape index (κ3) is 3.76. The summed E-state index contributed by atoms with van der Waals surface area (Å²) >= 11 is 0. The Morgan fingerprint density at radius 1 is 0.750 bits per heavy atom. The van der Waals surface area contributed by atoms with E-state index in [1.54, 1.807) is 42.5 Å². The number of amides is 1. The van der Waals surface area contributed by atoms with Crippen molar-refractivity contribution in [2.45, 2.75) is 0 Å². The van der Waals surface area contributed by atoms with E-state index in [-0.39, 0.29) is 11.4 Å². The fourth-order valence-electron chi connectivity index (χ4n) is 2.21. The molecule has 0 aromatic heterocycles. The number of hydrogen-bond donors (Lipinski definition) is 2. The third-order valence-corrected chi connectivity index (χ3v) is 3.37. The molecule has 3 nitrogen and oxygen atoms in total. The average molecular weight is 324 g/mol. The molecule has 120 valence electrons. The van der Waals surface area contributed by atoms with Gasteiger partial charge in [0.05, 0.1) is 5.56 Å². The minimum absolute atomic E-state index is 0.0144. The van der Waals surface area contributed by atoms with Gasteiger partial charge >= 0.3 is 0 Å². The first-order valence-electron chi connectivity index (χ1n) is 7.30. The van der Waals surface area contributed by atoms with E-state index in [2.05, 4.69) is 10.6 Å². The minimum Gasteiger partial charge on any atom is -0.355 e. The van der Waals surface area contributed by atoms with Gasteiger partial charge in [-0.25, -0.2) is 8.78 Å². The Morgan fingerprint density at radius 2 is 1.46 bits per heavy atom. The van der Waals surface area contributed by atoms with Crippen LogP contribution < -0.4 is 10.6 Å². The Labute approximate surface area is 138 Å². The van der Waals surface area contributed by atoms with E-state index in [1.807, 2.05) is 0 Å². The number of rotatable bonds is 4. The molecule has 1 amide bonds. The lowest BCUT2D eigenvalue weighted by molar-refractivity contribution is 0.102. The van der Waals surface area contributed by atoms with Crippen LogP contribution in [-0.2, 0) is 0 Å². The molecule has 0 unspecified atom stereocenters. The van der Waals surface area contributed by atoms with Crippen molar-refractivity contribution in [1.82, 2.24) is 0 Å². The van der Waals surface area contributed by atoms with Crippen LogP contribution in [0.1, 0.15) is 10.4 Å². The molecule has 5 heteroatoms. The summed E-state index contributed by atoms with van der Waals surface area (Å²) in [6, 6.07) is 18.7.